The summed E-state index contributed by atoms with van der Waals surface area (Å²) in [6, 6.07) is -0.329. The number of esters is 1. The standard InChI is InChI=1S/C15H22N4O4S/c1-3-23-13(21)9-5-4-6-10-12(9)19-15(24-10)18-11(20)7-8-17-14(22)16-2/h9H,3-8H2,1-2H3,(H2,16,17,22)(H,18,19,20). The Labute approximate surface area is 144 Å². The summed E-state index contributed by atoms with van der Waals surface area (Å²) in [6.45, 7) is 2.36. The minimum atomic E-state index is -0.342. The highest BCUT2D eigenvalue weighted by Gasteiger charge is 2.31. The van der Waals surface area contributed by atoms with Crippen LogP contribution in [0.25, 0.3) is 0 Å². The number of aromatic nitrogens is 1. The van der Waals surface area contributed by atoms with Gasteiger partial charge >= 0.3 is 12.0 Å². The first-order chi connectivity index (χ1) is 11.5. The van der Waals surface area contributed by atoms with Crippen LogP contribution in [0.2, 0.25) is 0 Å². The second kappa shape index (κ2) is 8.62. The van der Waals surface area contributed by atoms with Gasteiger partial charge in [0.25, 0.3) is 0 Å². The molecule has 0 fully saturated rings. The van der Waals surface area contributed by atoms with Crippen molar-refractivity contribution in [2.45, 2.75) is 38.5 Å². The molecule has 0 aromatic carbocycles. The van der Waals surface area contributed by atoms with E-state index in [-0.39, 0.29) is 36.8 Å². The molecule has 1 atom stereocenters. The zero-order valence-corrected chi connectivity index (χ0v) is 14.6. The number of anilines is 1. The number of thiazole rings is 1. The molecule has 0 radical (unpaired) electrons. The Morgan fingerprint density at radius 1 is 1.38 bits per heavy atom. The van der Waals surface area contributed by atoms with E-state index in [1.54, 1.807) is 6.92 Å². The molecule has 1 aromatic heterocycles. The number of fused-ring (bicyclic) bond motifs is 1. The lowest BCUT2D eigenvalue weighted by Gasteiger charge is -2.19. The van der Waals surface area contributed by atoms with E-state index in [0.717, 1.165) is 29.8 Å². The Morgan fingerprint density at radius 2 is 2.17 bits per heavy atom. The summed E-state index contributed by atoms with van der Waals surface area (Å²) in [4.78, 5) is 40.4. The molecule has 3 N–H and O–H groups in total. The highest BCUT2D eigenvalue weighted by molar-refractivity contribution is 7.15. The fraction of sp³-hybridized carbons (Fsp3) is 0.600. The van der Waals surface area contributed by atoms with Crippen LogP contribution in [-0.4, -0.2) is 43.1 Å². The lowest BCUT2D eigenvalue weighted by molar-refractivity contribution is -0.145. The number of amides is 3. The summed E-state index contributed by atoms with van der Waals surface area (Å²) in [7, 11) is 1.51. The fourth-order valence-electron chi connectivity index (χ4n) is 2.50. The van der Waals surface area contributed by atoms with Crippen molar-refractivity contribution < 1.29 is 19.1 Å². The molecule has 2 rings (SSSR count). The van der Waals surface area contributed by atoms with Crippen LogP contribution in [0.5, 0.6) is 0 Å². The molecule has 9 heteroatoms. The smallest absolute Gasteiger partial charge is 0.315 e. The SMILES string of the molecule is CCOC(=O)C1CCCc2sc(NC(=O)CCNC(=O)NC)nc21. The second-order valence-corrected chi connectivity index (χ2v) is 6.41. The quantitative estimate of drug-likeness (QED) is 0.669. The van der Waals surface area contributed by atoms with Crippen LogP contribution in [0, 0.1) is 0 Å². The molecule has 3 amide bonds. The largest absolute Gasteiger partial charge is 0.465 e. The fourth-order valence-corrected chi connectivity index (χ4v) is 3.59. The Bertz CT molecular complexity index is 617. The number of nitrogens with zero attached hydrogens (tertiary/aromatic N) is 1. The van der Waals surface area contributed by atoms with Crippen LogP contribution in [-0.2, 0) is 20.7 Å². The molecule has 1 aliphatic carbocycles. The van der Waals surface area contributed by atoms with Crippen LogP contribution in [0.3, 0.4) is 0 Å². The van der Waals surface area contributed by atoms with E-state index in [2.05, 4.69) is 20.9 Å². The molecule has 1 aromatic rings. The summed E-state index contributed by atoms with van der Waals surface area (Å²) >= 11 is 1.40. The van der Waals surface area contributed by atoms with Gasteiger partial charge in [-0.15, -0.1) is 11.3 Å². The lowest BCUT2D eigenvalue weighted by Crippen LogP contribution is -2.34. The summed E-state index contributed by atoms with van der Waals surface area (Å²) in [6.07, 6.45) is 2.64. The molecule has 0 saturated carbocycles. The van der Waals surface area contributed by atoms with Crippen molar-refractivity contribution in [1.29, 1.82) is 0 Å². The van der Waals surface area contributed by atoms with Crippen LogP contribution >= 0.6 is 11.3 Å². The molecular weight excluding hydrogens is 332 g/mol. The van der Waals surface area contributed by atoms with Gasteiger partial charge in [-0.3, -0.25) is 9.59 Å². The van der Waals surface area contributed by atoms with Gasteiger partial charge < -0.3 is 20.7 Å². The van der Waals surface area contributed by atoms with Gasteiger partial charge in [-0.25, -0.2) is 9.78 Å². The van der Waals surface area contributed by atoms with Crippen molar-refractivity contribution >= 4 is 34.4 Å². The highest BCUT2D eigenvalue weighted by atomic mass is 32.1. The zero-order chi connectivity index (χ0) is 17.5. The van der Waals surface area contributed by atoms with E-state index in [0.29, 0.717) is 11.7 Å². The lowest BCUT2D eigenvalue weighted by atomic mass is 9.91. The molecule has 1 unspecified atom stereocenters. The maximum atomic E-state index is 12.0. The molecule has 1 heterocycles. The molecule has 0 aliphatic heterocycles. The first-order valence-corrected chi connectivity index (χ1v) is 8.78. The number of hydrogen-bond donors (Lipinski definition) is 3. The van der Waals surface area contributed by atoms with E-state index in [1.807, 2.05) is 0 Å². The van der Waals surface area contributed by atoms with Crippen molar-refractivity contribution in [1.82, 2.24) is 15.6 Å². The van der Waals surface area contributed by atoms with Gasteiger partial charge in [0.05, 0.1) is 12.3 Å². The third kappa shape index (κ3) is 4.67. The van der Waals surface area contributed by atoms with Crippen molar-refractivity contribution in [2.75, 3.05) is 25.5 Å². The van der Waals surface area contributed by atoms with E-state index in [1.165, 1.54) is 18.4 Å². The predicted octanol–water partition coefficient (Wildman–Crippen LogP) is 1.38. The van der Waals surface area contributed by atoms with Crippen molar-refractivity contribution in [2.24, 2.45) is 0 Å². The first kappa shape index (κ1) is 18.2. The minimum absolute atomic E-state index is 0.152. The average Bonchev–Trinajstić information content (AvgIpc) is 2.96. The van der Waals surface area contributed by atoms with Crippen LogP contribution in [0.4, 0.5) is 9.93 Å². The third-order valence-electron chi connectivity index (χ3n) is 3.64. The van der Waals surface area contributed by atoms with E-state index in [9.17, 15) is 14.4 Å². The number of hydrogen-bond acceptors (Lipinski definition) is 6. The van der Waals surface area contributed by atoms with Gasteiger partial charge in [-0.1, -0.05) is 0 Å². The van der Waals surface area contributed by atoms with Gasteiger partial charge in [0.1, 0.15) is 5.92 Å². The minimum Gasteiger partial charge on any atom is -0.465 e. The molecule has 1 aliphatic rings. The van der Waals surface area contributed by atoms with Gasteiger partial charge in [-0.05, 0) is 26.2 Å². The summed E-state index contributed by atoms with van der Waals surface area (Å²) in [5.74, 6) is -0.827. The summed E-state index contributed by atoms with van der Waals surface area (Å²) in [5.41, 5.74) is 0.725. The predicted molar refractivity (Wildman–Crippen MR) is 90.1 cm³/mol. The van der Waals surface area contributed by atoms with Gasteiger partial charge in [-0.2, -0.15) is 0 Å². The molecule has 8 nitrogen and oxygen atoms in total. The van der Waals surface area contributed by atoms with E-state index < -0.39 is 0 Å². The average molecular weight is 354 g/mol. The van der Waals surface area contributed by atoms with Crippen molar-refractivity contribution in [3.8, 4) is 0 Å². The van der Waals surface area contributed by atoms with Gasteiger partial charge in [0, 0.05) is 24.9 Å². The molecule has 24 heavy (non-hydrogen) atoms. The summed E-state index contributed by atoms with van der Waals surface area (Å²) in [5, 5.41) is 8.17. The maximum Gasteiger partial charge on any atom is 0.315 e. The second-order valence-electron chi connectivity index (χ2n) is 5.33. The molecule has 0 saturated heterocycles. The Morgan fingerprint density at radius 3 is 2.88 bits per heavy atom. The maximum absolute atomic E-state index is 12.0. The first-order valence-electron chi connectivity index (χ1n) is 7.96. The molecule has 0 spiro atoms. The van der Waals surface area contributed by atoms with E-state index in [4.69, 9.17) is 4.74 Å². The van der Waals surface area contributed by atoms with Gasteiger partial charge in [0.2, 0.25) is 5.91 Å². The Kier molecular flexibility index (Phi) is 6.53. The number of nitrogens with one attached hydrogen (secondary N) is 3. The number of urea groups is 1. The highest BCUT2D eigenvalue weighted by Crippen LogP contribution is 2.37. The Hall–Kier alpha value is -2.16. The molecule has 132 valence electrons. The zero-order valence-electron chi connectivity index (χ0n) is 13.8. The topological polar surface area (TPSA) is 109 Å². The third-order valence-corrected chi connectivity index (χ3v) is 4.68. The monoisotopic (exact) mass is 354 g/mol. The molecule has 0 bridgehead atoms. The number of ether oxygens (including phenoxy) is 1. The number of aryl methyl sites for hydroxylation is 1. The van der Waals surface area contributed by atoms with Crippen LogP contribution in [0.1, 0.15) is 42.7 Å². The van der Waals surface area contributed by atoms with Crippen LogP contribution in [0.15, 0.2) is 0 Å². The number of rotatable bonds is 6. The van der Waals surface area contributed by atoms with Crippen molar-refractivity contribution in [3.63, 3.8) is 0 Å². The summed E-state index contributed by atoms with van der Waals surface area (Å²) < 4.78 is 5.11. The van der Waals surface area contributed by atoms with Crippen LogP contribution < -0.4 is 16.0 Å². The molecular formula is C15H22N4O4S. The number of carbonyl (C=O) groups excluding carboxylic acids is 3. The normalized spacial score (nSPS) is 16.0. The van der Waals surface area contributed by atoms with Gasteiger partial charge in [0.15, 0.2) is 5.13 Å². The Balaban J connectivity index is 1.95. The number of carbonyl (C=O) groups is 3. The van der Waals surface area contributed by atoms with E-state index >= 15 is 0 Å². The van der Waals surface area contributed by atoms with Crippen molar-refractivity contribution in [3.05, 3.63) is 10.6 Å².